The van der Waals surface area contributed by atoms with Gasteiger partial charge in [-0.15, -0.1) is 0 Å². The van der Waals surface area contributed by atoms with Crippen molar-refractivity contribution in [3.8, 4) is 0 Å². The van der Waals surface area contributed by atoms with Crippen LogP contribution in [0.15, 0.2) is 23.2 Å². The number of amides is 1. The Morgan fingerprint density at radius 1 is 1.19 bits per heavy atom. The summed E-state index contributed by atoms with van der Waals surface area (Å²) in [6.45, 7) is 8.38. The van der Waals surface area contributed by atoms with Crippen LogP contribution in [0.5, 0.6) is 0 Å². The average molecular weight is 386 g/mol. The molecule has 7 nitrogen and oxygen atoms in total. The molecule has 0 radical (unpaired) electrons. The van der Waals surface area contributed by atoms with Gasteiger partial charge >= 0.3 is 5.97 Å². The Morgan fingerprint density at radius 2 is 1.89 bits per heavy atom. The highest BCUT2D eigenvalue weighted by Crippen LogP contribution is 2.22. The number of rotatable bonds is 4. The third kappa shape index (κ3) is 3.71. The Bertz CT molecular complexity index is 1100. The smallest absolute Gasteiger partial charge is 0.325 e. The van der Waals surface area contributed by atoms with E-state index in [9.17, 15) is 9.59 Å². The van der Waals surface area contributed by atoms with Gasteiger partial charge in [-0.05, 0) is 57.0 Å². The average Bonchev–Trinajstić information content (AvgIpc) is 3.16. The van der Waals surface area contributed by atoms with Gasteiger partial charge in [0.2, 0.25) is 0 Å². The van der Waals surface area contributed by atoms with E-state index in [1.54, 1.807) is 15.3 Å². The first-order valence-corrected chi connectivity index (χ1v) is 9.46. The number of nitrogens with zero attached hydrogens (tertiary/aromatic N) is 4. The Morgan fingerprint density at radius 3 is 2.56 bits per heavy atom. The number of aromatic nitrogens is 3. The van der Waals surface area contributed by atoms with Crippen LogP contribution in [-0.4, -0.2) is 33.3 Å². The van der Waals surface area contributed by atoms with Gasteiger partial charge < -0.3 is 9.30 Å². The van der Waals surface area contributed by atoms with E-state index in [1.807, 2.05) is 39.8 Å². The molecule has 27 heavy (non-hydrogen) atoms. The van der Waals surface area contributed by atoms with Crippen molar-refractivity contribution in [2.75, 3.05) is 7.11 Å². The van der Waals surface area contributed by atoms with Crippen molar-refractivity contribution < 1.29 is 14.3 Å². The predicted octanol–water partition coefficient (Wildman–Crippen LogP) is 2.76. The number of aryl methyl sites for hydroxylation is 4. The van der Waals surface area contributed by atoms with Crippen molar-refractivity contribution >= 4 is 33.4 Å². The molecule has 3 aromatic rings. The van der Waals surface area contributed by atoms with Crippen LogP contribution < -0.4 is 4.80 Å². The van der Waals surface area contributed by atoms with E-state index in [-0.39, 0.29) is 12.5 Å². The van der Waals surface area contributed by atoms with Crippen LogP contribution >= 0.6 is 11.3 Å². The molecular weight excluding hydrogens is 364 g/mol. The van der Waals surface area contributed by atoms with Crippen molar-refractivity contribution in [2.45, 2.75) is 40.8 Å². The topological polar surface area (TPSA) is 78.5 Å². The molecule has 0 aliphatic carbocycles. The van der Waals surface area contributed by atoms with Crippen LogP contribution in [0, 0.1) is 20.8 Å². The van der Waals surface area contributed by atoms with Crippen molar-refractivity contribution in [1.82, 2.24) is 14.3 Å². The summed E-state index contributed by atoms with van der Waals surface area (Å²) in [4.78, 5) is 29.5. The lowest BCUT2D eigenvalue weighted by Crippen LogP contribution is -2.23. The third-order valence-corrected chi connectivity index (χ3v) is 5.47. The second-order valence-corrected chi connectivity index (χ2v) is 7.36. The molecule has 1 aromatic carbocycles. The summed E-state index contributed by atoms with van der Waals surface area (Å²) in [7, 11) is 1.34. The van der Waals surface area contributed by atoms with Crippen LogP contribution in [0.25, 0.3) is 10.2 Å². The van der Waals surface area contributed by atoms with E-state index in [0.717, 1.165) is 27.0 Å². The number of fused-ring (bicyclic) bond motifs is 1. The summed E-state index contributed by atoms with van der Waals surface area (Å²) >= 11 is 1.38. The van der Waals surface area contributed by atoms with Crippen LogP contribution in [-0.2, 0) is 22.6 Å². The van der Waals surface area contributed by atoms with Crippen molar-refractivity contribution in [2.24, 2.45) is 4.99 Å². The minimum atomic E-state index is -0.392. The number of thiazole rings is 1. The highest BCUT2D eigenvalue weighted by atomic mass is 32.1. The predicted molar refractivity (Wildman–Crippen MR) is 104 cm³/mol. The van der Waals surface area contributed by atoms with E-state index in [4.69, 9.17) is 4.74 Å². The van der Waals surface area contributed by atoms with Crippen LogP contribution in [0.3, 0.4) is 0 Å². The Kier molecular flexibility index (Phi) is 5.27. The number of benzene rings is 1. The molecule has 0 N–H and O–H groups in total. The van der Waals surface area contributed by atoms with E-state index >= 15 is 0 Å². The number of carbonyl (C=O) groups excluding carboxylic acids is 2. The number of hydrogen-bond acceptors (Lipinski definition) is 5. The largest absolute Gasteiger partial charge is 0.468 e. The van der Waals surface area contributed by atoms with Gasteiger partial charge in [-0.2, -0.15) is 10.1 Å². The lowest BCUT2D eigenvalue weighted by atomic mass is 10.1. The highest BCUT2D eigenvalue weighted by Gasteiger charge is 2.16. The number of hydrogen-bond donors (Lipinski definition) is 0. The zero-order chi connectivity index (χ0) is 19.7. The maximum absolute atomic E-state index is 12.8. The fourth-order valence-corrected chi connectivity index (χ4v) is 3.96. The molecule has 2 heterocycles. The Hall–Kier alpha value is -2.74. The molecule has 2 aromatic heterocycles. The minimum absolute atomic E-state index is 0.00280. The molecule has 142 valence electrons. The third-order valence-electron chi connectivity index (χ3n) is 4.43. The summed E-state index contributed by atoms with van der Waals surface area (Å²) in [5.74, 6) is -0.771. The second-order valence-electron chi connectivity index (χ2n) is 6.35. The van der Waals surface area contributed by atoms with Gasteiger partial charge in [0.05, 0.1) is 23.0 Å². The number of methoxy groups -OCH3 is 1. The molecule has 0 unspecified atom stereocenters. The normalized spacial score (nSPS) is 12.0. The minimum Gasteiger partial charge on any atom is -0.468 e. The van der Waals surface area contributed by atoms with Gasteiger partial charge in [-0.3, -0.25) is 14.3 Å². The zero-order valence-electron chi connectivity index (χ0n) is 16.1. The van der Waals surface area contributed by atoms with Crippen molar-refractivity contribution in [1.29, 1.82) is 0 Å². The molecule has 0 fully saturated rings. The van der Waals surface area contributed by atoms with Crippen LogP contribution in [0.2, 0.25) is 0 Å². The fraction of sp³-hybridized carbons (Fsp3) is 0.368. The molecule has 0 aliphatic heterocycles. The van der Waals surface area contributed by atoms with Gasteiger partial charge in [0.15, 0.2) is 4.80 Å². The molecule has 8 heteroatoms. The molecule has 0 saturated heterocycles. The first kappa shape index (κ1) is 19.0. The summed E-state index contributed by atoms with van der Waals surface area (Å²) in [6.07, 6.45) is 0. The fourth-order valence-electron chi connectivity index (χ4n) is 2.86. The van der Waals surface area contributed by atoms with E-state index in [0.29, 0.717) is 17.0 Å². The summed E-state index contributed by atoms with van der Waals surface area (Å²) < 4.78 is 9.15. The van der Waals surface area contributed by atoms with Crippen LogP contribution in [0.1, 0.15) is 34.2 Å². The molecule has 0 saturated carbocycles. The standard InChI is InChI=1S/C19H22N4O3S/c1-6-23-15(9-13(4)21-23)18(25)20-19-22(10-17(24)26-5)14-7-11(2)12(3)8-16(14)27-19/h7-9H,6,10H2,1-5H3. The summed E-state index contributed by atoms with van der Waals surface area (Å²) in [5.41, 5.74) is 4.31. The number of esters is 1. The molecule has 0 aliphatic rings. The maximum atomic E-state index is 12.8. The van der Waals surface area contributed by atoms with E-state index in [1.165, 1.54) is 18.4 Å². The first-order chi connectivity index (χ1) is 12.8. The summed E-state index contributed by atoms with van der Waals surface area (Å²) in [6, 6.07) is 5.78. The van der Waals surface area contributed by atoms with Gasteiger partial charge in [-0.25, -0.2) is 0 Å². The number of ether oxygens (including phenoxy) is 1. The molecule has 0 atom stereocenters. The van der Waals surface area contributed by atoms with Crippen molar-refractivity contribution in [3.63, 3.8) is 0 Å². The molecular formula is C19H22N4O3S. The zero-order valence-corrected chi connectivity index (χ0v) is 16.9. The molecule has 3 rings (SSSR count). The maximum Gasteiger partial charge on any atom is 0.325 e. The van der Waals surface area contributed by atoms with E-state index in [2.05, 4.69) is 10.1 Å². The molecule has 1 amide bonds. The Balaban J connectivity index is 2.19. The summed E-state index contributed by atoms with van der Waals surface area (Å²) in [5, 5.41) is 4.30. The van der Waals surface area contributed by atoms with E-state index < -0.39 is 5.97 Å². The first-order valence-electron chi connectivity index (χ1n) is 8.65. The van der Waals surface area contributed by atoms with Gasteiger partial charge in [0.25, 0.3) is 5.91 Å². The number of carbonyl (C=O) groups is 2. The molecule has 0 bridgehead atoms. The monoisotopic (exact) mass is 386 g/mol. The van der Waals surface area contributed by atoms with Gasteiger partial charge in [0.1, 0.15) is 12.2 Å². The lowest BCUT2D eigenvalue weighted by molar-refractivity contribution is -0.141. The quantitative estimate of drug-likeness (QED) is 0.646. The second kappa shape index (κ2) is 7.48. The lowest BCUT2D eigenvalue weighted by Gasteiger charge is -2.05. The highest BCUT2D eigenvalue weighted by molar-refractivity contribution is 7.16. The van der Waals surface area contributed by atoms with Gasteiger partial charge in [0, 0.05) is 6.54 Å². The van der Waals surface area contributed by atoms with Gasteiger partial charge in [-0.1, -0.05) is 11.3 Å². The van der Waals surface area contributed by atoms with Crippen molar-refractivity contribution in [3.05, 3.63) is 45.5 Å². The molecule has 0 spiro atoms. The Labute approximate surface area is 160 Å². The van der Waals surface area contributed by atoms with Crippen LogP contribution in [0.4, 0.5) is 0 Å². The SMILES string of the molecule is CCn1nc(C)cc1C(=O)N=c1sc2cc(C)c(C)cc2n1CC(=O)OC.